The molecule has 10 heteroatoms. The highest BCUT2D eigenvalue weighted by molar-refractivity contribution is 7.92. The number of ether oxygens (including phenoxy) is 1. The highest BCUT2D eigenvalue weighted by atomic mass is 32.2. The molecule has 31 heavy (non-hydrogen) atoms. The van der Waals surface area contributed by atoms with Crippen LogP contribution in [0, 0.1) is 18.6 Å². The minimum atomic E-state index is -4.12. The second-order valence-electron chi connectivity index (χ2n) is 7.45. The van der Waals surface area contributed by atoms with E-state index in [0.29, 0.717) is 23.9 Å². The summed E-state index contributed by atoms with van der Waals surface area (Å²) in [6.07, 6.45) is 3.63. The molecule has 0 aliphatic carbocycles. The number of benzene rings is 2. The number of hydrogen-bond donors (Lipinski definition) is 1. The quantitative estimate of drug-likeness (QED) is 0.636. The lowest BCUT2D eigenvalue weighted by atomic mass is 10.1. The van der Waals surface area contributed by atoms with Gasteiger partial charge in [-0.1, -0.05) is 6.42 Å². The second-order valence-corrected chi connectivity index (χ2v) is 9.13. The number of methoxy groups -OCH3 is 1. The van der Waals surface area contributed by atoms with E-state index < -0.39 is 21.7 Å². The number of nitrogens with zero attached hydrogens (tertiary/aromatic N) is 3. The molecule has 7 nitrogen and oxygen atoms in total. The number of nitrogens with one attached hydrogen (secondary N) is 1. The smallest absolute Gasteiger partial charge is 0.262 e. The van der Waals surface area contributed by atoms with Gasteiger partial charge in [0.2, 0.25) is 0 Å². The fraction of sp³-hybridized carbons (Fsp3) is 0.333. The molecule has 0 radical (unpaired) electrons. The Kier molecular flexibility index (Phi) is 5.65. The van der Waals surface area contributed by atoms with Crippen molar-refractivity contribution in [1.29, 1.82) is 0 Å². The Morgan fingerprint density at radius 2 is 1.87 bits per heavy atom. The Hall–Kier alpha value is -3.01. The van der Waals surface area contributed by atoms with Crippen LogP contribution in [-0.2, 0) is 23.0 Å². The highest BCUT2D eigenvalue weighted by Gasteiger charge is 2.23. The van der Waals surface area contributed by atoms with Crippen molar-refractivity contribution in [2.75, 3.05) is 11.8 Å². The molecule has 1 aliphatic rings. The predicted molar refractivity (Wildman–Crippen MR) is 111 cm³/mol. The topological polar surface area (TPSA) is 86.1 Å². The van der Waals surface area contributed by atoms with Crippen molar-refractivity contribution >= 4 is 15.7 Å². The molecule has 0 unspecified atom stereocenters. The van der Waals surface area contributed by atoms with Crippen LogP contribution in [-0.4, -0.2) is 30.3 Å². The first kappa shape index (κ1) is 21.2. The number of sulfonamides is 1. The molecule has 2 aromatic carbocycles. The fourth-order valence-electron chi connectivity index (χ4n) is 3.70. The molecule has 164 valence electrons. The summed E-state index contributed by atoms with van der Waals surface area (Å²) >= 11 is 0. The maximum atomic E-state index is 14.6. The van der Waals surface area contributed by atoms with Crippen molar-refractivity contribution in [3.8, 4) is 17.1 Å². The highest BCUT2D eigenvalue weighted by Crippen LogP contribution is 2.31. The van der Waals surface area contributed by atoms with Crippen LogP contribution in [0.1, 0.15) is 30.7 Å². The minimum Gasteiger partial charge on any atom is -0.496 e. The van der Waals surface area contributed by atoms with E-state index in [1.54, 1.807) is 6.92 Å². The van der Waals surface area contributed by atoms with Crippen LogP contribution < -0.4 is 9.46 Å². The SMILES string of the molecule is COc1ccc(S(=O)(=O)Nc2cc(-c3nnc4n3CCCCC4)c(F)cc2F)cc1C. The maximum absolute atomic E-state index is 14.6. The fourth-order valence-corrected chi connectivity index (χ4v) is 4.85. The van der Waals surface area contributed by atoms with Gasteiger partial charge in [0.25, 0.3) is 10.0 Å². The van der Waals surface area contributed by atoms with Crippen molar-refractivity contribution < 1.29 is 21.9 Å². The Morgan fingerprint density at radius 1 is 1.06 bits per heavy atom. The van der Waals surface area contributed by atoms with Gasteiger partial charge in [0.15, 0.2) is 5.82 Å². The third-order valence-electron chi connectivity index (χ3n) is 5.33. The molecule has 0 spiro atoms. The third-order valence-corrected chi connectivity index (χ3v) is 6.69. The number of aromatic nitrogens is 3. The monoisotopic (exact) mass is 448 g/mol. The summed E-state index contributed by atoms with van der Waals surface area (Å²) in [4.78, 5) is -0.0626. The molecule has 1 aliphatic heterocycles. The number of anilines is 1. The van der Waals surface area contributed by atoms with Crippen LogP contribution in [0.4, 0.5) is 14.5 Å². The lowest BCUT2D eigenvalue weighted by Crippen LogP contribution is -2.15. The van der Waals surface area contributed by atoms with Crippen molar-refractivity contribution in [3.05, 3.63) is 53.4 Å². The van der Waals surface area contributed by atoms with E-state index in [-0.39, 0.29) is 22.0 Å². The van der Waals surface area contributed by atoms with Gasteiger partial charge in [-0.05, 0) is 49.6 Å². The minimum absolute atomic E-state index is 0.00865. The number of hydrogen-bond acceptors (Lipinski definition) is 5. The van der Waals surface area contributed by atoms with Gasteiger partial charge >= 0.3 is 0 Å². The molecule has 1 N–H and O–H groups in total. The normalized spacial score (nSPS) is 14.1. The zero-order chi connectivity index (χ0) is 22.2. The van der Waals surface area contributed by atoms with Crippen LogP contribution in [0.15, 0.2) is 35.2 Å². The van der Waals surface area contributed by atoms with E-state index in [1.807, 2.05) is 4.57 Å². The largest absolute Gasteiger partial charge is 0.496 e. The van der Waals surface area contributed by atoms with Gasteiger partial charge in [0, 0.05) is 19.0 Å². The number of aryl methyl sites for hydroxylation is 2. The van der Waals surface area contributed by atoms with Crippen LogP contribution in [0.3, 0.4) is 0 Å². The van der Waals surface area contributed by atoms with Gasteiger partial charge in [-0.25, -0.2) is 17.2 Å². The van der Waals surface area contributed by atoms with Gasteiger partial charge in [-0.2, -0.15) is 0 Å². The summed E-state index contributed by atoms with van der Waals surface area (Å²) in [7, 11) is -2.63. The maximum Gasteiger partial charge on any atom is 0.262 e. The third kappa shape index (κ3) is 4.12. The van der Waals surface area contributed by atoms with Crippen LogP contribution in [0.25, 0.3) is 11.4 Å². The molecule has 3 aromatic rings. The zero-order valence-electron chi connectivity index (χ0n) is 17.2. The predicted octanol–water partition coefficient (Wildman–Crippen LogP) is 4.07. The number of fused-ring (bicyclic) bond motifs is 1. The summed E-state index contributed by atoms with van der Waals surface area (Å²) in [6, 6.07) is 6.07. The Labute approximate surface area is 179 Å². The van der Waals surface area contributed by atoms with Gasteiger partial charge < -0.3 is 9.30 Å². The van der Waals surface area contributed by atoms with E-state index >= 15 is 0 Å². The van der Waals surface area contributed by atoms with Crippen molar-refractivity contribution in [2.24, 2.45) is 0 Å². The average molecular weight is 448 g/mol. The van der Waals surface area contributed by atoms with Crippen LogP contribution in [0.5, 0.6) is 5.75 Å². The lowest BCUT2D eigenvalue weighted by Gasteiger charge is -2.13. The summed E-state index contributed by atoms with van der Waals surface area (Å²) < 4.78 is 64.0. The molecule has 0 atom stereocenters. The summed E-state index contributed by atoms with van der Waals surface area (Å²) in [5, 5.41) is 8.22. The standard InChI is InChI=1S/C21H22F2N4O3S/c1-13-10-14(7-8-19(13)30-2)31(28,29)26-18-11-15(16(22)12-17(18)23)21-25-24-20-6-4-3-5-9-27(20)21/h7-8,10-12,26H,3-6,9H2,1-2H3. The second kappa shape index (κ2) is 8.26. The number of rotatable bonds is 5. The molecular weight excluding hydrogens is 426 g/mol. The Morgan fingerprint density at radius 3 is 2.61 bits per heavy atom. The summed E-state index contributed by atoms with van der Waals surface area (Å²) in [5.41, 5.74) is 0.235. The van der Waals surface area contributed by atoms with Crippen molar-refractivity contribution in [1.82, 2.24) is 14.8 Å². The lowest BCUT2D eigenvalue weighted by molar-refractivity contribution is 0.411. The number of halogens is 2. The van der Waals surface area contributed by atoms with Crippen LogP contribution in [0.2, 0.25) is 0 Å². The van der Waals surface area contributed by atoms with Crippen molar-refractivity contribution in [3.63, 3.8) is 0 Å². The molecule has 4 rings (SSSR count). The van der Waals surface area contributed by atoms with E-state index in [1.165, 1.54) is 25.3 Å². The van der Waals surface area contributed by atoms with E-state index in [2.05, 4.69) is 14.9 Å². The molecule has 0 fully saturated rings. The van der Waals surface area contributed by atoms with Gasteiger partial charge in [0.1, 0.15) is 23.2 Å². The molecule has 0 bridgehead atoms. The van der Waals surface area contributed by atoms with Gasteiger partial charge in [-0.15, -0.1) is 10.2 Å². The molecule has 0 saturated carbocycles. The Balaban J connectivity index is 1.72. The first-order valence-corrected chi connectivity index (χ1v) is 11.4. The first-order chi connectivity index (χ1) is 14.8. The molecule has 0 saturated heterocycles. The van der Waals surface area contributed by atoms with E-state index in [4.69, 9.17) is 4.74 Å². The summed E-state index contributed by atoms with van der Waals surface area (Å²) in [5.74, 6) is -0.324. The van der Waals surface area contributed by atoms with E-state index in [0.717, 1.165) is 37.6 Å². The van der Waals surface area contributed by atoms with Gasteiger partial charge in [-0.3, -0.25) is 4.72 Å². The average Bonchev–Trinajstić information content (AvgIpc) is 2.97. The van der Waals surface area contributed by atoms with Gasteiger partial charge in [0.05, 0.1) is 23.3 Å². The zero-order valence-corrected chi connectivity index (χ0v) is 18.0. The molecule has 0 amide bonds. The van der Waals surface area contributed by atoms with Crippen molar-refractivity contribution in [2.45, 2.75) is 44.0 Å². The van der Waals surface area contributed by atoms with Crippen LogP contribution >= 0.6 is 0 Å². The Bertz CT molecular complexity index is 1240. The van der Waals surface area contributed by atoms with E-state index in [9.17, 15) is 17.2 Å². The molecule has 2 heterocycles. The molecule has 1 aromatic heterocycles. The molecular formula is C21H22F2N4O3S. The first-order valence-electron chi connectivity index (χ1n) is 9.89. The summed E-state index contributed by atoms with van der Waals surface area (Å²) in [6.45, 7) is 2.33.